The number of methoxy groups -OCH3 is 1. The Hall–Kier alpha value is -1.81. The number of hydrazine groups is 1. The molecule has 4 heteroatoms. The summed E-state index contributed by atoms with van der Waals surface area (Å²) in [5.41, 5.74) is 6.62. The van der Waals surface area contributed by atoms with Gasteiger partial charge in [-0.05, 0) is 31.0 Å². The average Bonchev–Trinajstić information content (AvgIpc) is 2.37. The number of aryl methyl sites for hydroxylation is 2. The number of hydrogen-bond donors (Lipinski definition) is 2. The largest absolute Gasteiger partial charge is 0.494 e. The number of nitrogen functional groups attached to an aromatic ring is 1. The molecule has 90 valence electrons. The number of pyridine rings is 1. The second kappa shape index (κ2) is 4.59. The number of hydrogen-bond acceptors (Lipinski definition) is 4. The normalized spacial score (nSPS) is 10.6. The minimum atomic E-state index is 0.775. The number of nitrogens with zero attached hydrogens (tertiary/aromatic N) is 1. The number of benzene rings is 1. The van der Waals surface area contributed by atoms with Gasteiger partial charge in [-0.25, -0.2) is 4.98 Å². The monoisotopic (exact) mass is 231 g/mol. The van der Waals surface area contributed by atoms with Crippen LogP contribution in [0.2, 0.25) is 0 Å². The zero-order valence-corrected chi connectivity index (χ0v) is 10.4. The lowest BCUT2D eigenvalue weighted by molar-refractivity contribution is 0.418. The molecular weight excluding hydrogens is 214 g/mol. The first-order chi connectivity index (χ1) is 8.21. The Kier molecular flexibility index (Phi) is 3.15. The van der Waals surface area contributed by atoms with Crippen LogP contribution in [-0.2, 0) is 6.42 Å². The number of ether oxygens (including phenoxy) is 1. The highest BCUT2D eigenvalue weighted by atomic mass is 16.5. The Balaban J connectivity index is 2.86. The number of anilines is 1. The van der Waals surface area contributed by atoms with Crippen LogP contribution < -0.4 is 16.0 Å². The summed E-state index contributed by atoms with van der Waals surface area (Å²) in [7, 11) is 1.65. The van der Waals surface area contributed by atoms with Crippen molar-refractivity contribution < 1.29 is 4.74 Å². The topological polar surface area (TPSA) is 60.2 Å². The molecule has 0 aliphatic heterocycles. The second-order valence-electron chi connectivity index (χ2n) is 3.97. The highest BCUT2D eigenvalue weighted by molar-refractivity contribution is 5.97. The standard InChI is InChI=1S/C13H17N3O/c1-4-9-7-10(16-14)12-8(2)5-6-11(17-3)13(12)15-9/h5-7H,4,14H2,1-3H3,(H,15,16). The predicted molar refractivity (Wildman–Crippen MR) is 70.2 cm³/mol. The third-order valence-corrected chi connectivity index (χ3v) is 2.92. The van der Waals surface area contributed by atoms with E-state index in [1.165, 1.54) is 0 Å². The third-order valence-electron chi connectivity index (χ3n) is 2.92. The van der Waals surface area contributed by atoms with E-state index in [2.05, 4.69) is 17.3 Å². The molecule has 0 atom stereocenters. The average molecular weight is 231 g/mol. The van der Waals surface area contributed by atoms with E-state index >= 15 is 0 Å². The van der Waals surface area contributed by atoms with E-state index in [9.17, 15) is 0 Å². The Morgan fingerprint density at radius 1 is 1.41 bits per heavy atom. The Morgan fingerprint density at radius 2 is 2.18 bits per heavy atom. The van der Waals surface area contributed by atoms with Crippen LogP contribution in [0.5, 0.6) is 5.75 Å². The van der Waals surface area contributed by atoms with Gasteiger partial charge in [0.1, 0.15) is 11.3 Å². The van der Waals surface area contributed by atoms with Gasteiger partial charge in [-0.2, -0.15) is 0 Å². The summed E-state index contributed by atoms with van der Waals surface area (Å²) >= 11 is 0. The highest BCUT2D eigenvalue weighted by Gasteiger charge is 2.11. The molecule has 0 saturated heterocycles. The molecule has 0 unspecified atom stereocenters. The first-order valence-corrected chi connectivity index (χ1v) is 5.65. The number of nitrogens with two attached hydrogens (primary N) is 1. The van der Waals surface area contributed by atoms with E-state index in [1.807, 2.05) is 25.1 Å². The Labute approximate surface area is 101 Å². The van der Waals surface area contributed by atoms with Crippen molar-refractivity contribution in [1.82, 2.24) is 4.98 Å². The minimum Gasteiger partial charge on any atom is -0.494 e. The maximum Gasteiger partial charge on any atom is 0.145 e. The van der Waals surface area contributed by atoms with Crippen molar-refractivity contribution in [2.24, 2.45) is 5.84 Å². The lowest BCUT2D eigenvalue weighted by Crippen LogP contribution is -2.09. The summed E-state index contributed by atoms with van der Waals surface area (Å²) in [6, 6.07) is 5.93. The highest BCUT2D eigenvalue weighted by Crippen LogP contribution is 2.32. The van der Waals surface area contributed by atoms with Crippen molar-refractivity contribution in [2.75, 3.05) is 12.5 Å². The lowest BCUT2D eigenvalue weighted by Gasteiger charge is -2.13. The van der Waals surface area contributed by atoms with E-state index in [0.29, 0.717) is 0 Å². The van der Waals surface area contributed by atoms with Crippen molar-refractivity contribution in [1.29, 1.82) is 0 Å². The number of fused-ring (bicyclic) bond motifs is 1. The molecule has 0 saturated carbocycles. The second-order valence-corrected chi connectivity index (χ2v) is 3.97. The van der Waals surface area contributed by atoms with E-state index in [-0.39, 0.29) is 0 Å². The molecule has 1 heterocycles. The van der Waals surface area contributed by atoms with Crippen LogP contribution in [0.25, 0.3) is 10.9 Å². The Morgan fingerprint density at radius 3 is 2.76 bits per heavy atom. The molecule has 17 heavy (non-hydrogen) atoms. The molecule has 3 N–H and O–H groups in total. The van der Waals surface area contributed by atoms with Crippen LogP contribution in [0.4, 0.5) is 5.69 Å². The number of nitrogens with one attached hydrogen (secondary N) is 1. The molecule has 0 spiro atoms. The summed E-state index contributed by atoms with van der Waals surface area (Å²) in [6.45, 7) is 4.10. The first-order valence-electron chi connectivity index (χ1n) is 5.65. The molecule has 2 aromatic rings. The van der Waals surface area contributed by atoms with Crippen molar-refractivity contribution in [3.05, 3.63) is 29.5 Å². The fourth-order valence-electron chi connectivity index (χ4n) is 2.00. The molecular formula is C13H17N3O. The molecule has 2 rings (SSSR count). The minimum absolute atomic E-state index is 0.775. The van der Waals surface area contributed by atoms with E-state index in [0.717, 1.165) is 40.0 Å². The van der Waals surface area contributed by atoms with Crippen molar-refractivity contribution in [3.8, 4) is 5.75 Å². The van der Waals surface area contributed by atoms with Gasteiger partial charge in [0.2, 0.25) is 0 Å². The van der Waals surface area contributed by atoms with Gasteiger partial charge >= 0.3 is 0 Å². The first kappa shape index (κ1) is 11.7. The zero-order valence-electron chi connectivity index (χ0n) is 10.4. The van der Waals surface area contributed by atoms with Crippen molar-refractivity contribution in [3.63, 3.8) is 0 Å². The SMILES string of the molecule is CCc1cc(NN)c2c(C)ccc(OC)c2n1. The van der Waals surface area contributed by atoms with E-state index in [1.54, 1.807) is 7.11 Å². The molecule has 1 aromatic heterocycles. The summed E-state index contributed by atoms with van der Waals surface area (Å²) < 4.78 is 5.35. The third kappa shape index (κ3) is 1.91. The van der Waals surface area contributed by atoms with E-state index < -0.39 is 0 Å². The van der Waals surface area contributed by atoms with Gasteiger partial charge in [-0.15, -0.1) is 0 Å². The fourth-order valence-corrected chi connectivity index (χ4v) is 2.00. The molecule has 1 aromatic carbocycles. The van der Waals surface area contributed by atoms with Crippen LogP contribution in [0.1, 0.15) is 18.2 Å². The van der Waals surface area contributed by atoms with Crippen LogP contribution in [-0.4, -0.2) is 12.1 Å². The molecule has 4 nitrogen and oxygen atoms in total. The molecule has 0 amide bonds. The zero-order chi connectivity index (χ0) is 12.4. The van der Waals surface area contributed by atoms with E-state index in [4.69, 9.17) is 10.6 Å². The molecule has 0 aliphatic carbocycles. The van der Waals surface area contributed by atoms with Gasteiger partial charge < -0.3 is 10.2 Å². The predicted octanol–water partition coefficient (Wildman–Crippen LogP) is 2.40. The lowest BCUT2D eigenvalue weighted by atomic mass is 10.1. The van der Waals surface area contributed by atoms with Gasteiger partial charge in [0.05, 0.1) is 12.8 Å². The maximum absolute atomic E-state index is 5.58. The smallest absolute Gasteiger partial charge is 0.145 e. The number of aromatic nitrogens is 1. The molecule has 0 fully saturated rings. The summed E-state index contributed by atoms with van der Waals surface area (Å²) in [4.78, 5) is 4.61. The molecule has 0 bridgehead atoms. The van der Waals surface area contributed by atoms with Gasteiger partial charge in [0, 0.05) is 11.1 Å². The molecule has 0 aliphatic rings. The van der Waals surface area contributed by atoms with Gasteiger partial charge in [0.15, 0.2) is 0 Å². The fraction of sp³-hybridized carbons (Fsp3) is 0.308. The van der Waals surface area contributed by atoms with Crippen LogP contribution in [0, 0.1) is 6.92 Å². The van der Waals surface area contributed by atoms with Gasteiger partial charge in [-0.3, -0.25) is 5.84 Å². The summed E-state index contributed by atoms with van der Waals surface area (Å²) in [5.74, 6) is 6.36. The van der Waals surface area contributed by atoms with Crippen molar-refractivity contribution in [2.45, 2.75) is 20.3 Å². The Bertz CT molecular complexity index is 552. The quantitative estimate of drug-likeness (QED) is 0.629. The molecule has 0 radical (unpaired) electrons. The number of rotatable bonds is 3. The van der Waals surface area contributed by atoms with Crippen LogP contribution in [0.15, 0.2) is 18.2 Å². The summed E-state index contributed by atoms with van der Waals surface area (Å²) in [6.07, 6.45) is 0.863. The maximum atomic E-state index is 5.58. The van der Waals surface area contributed by atoms with Crippen molar-refractivity contribution >= 4 is 16.6 Å². The van der Waals surface area contributed by atoms with Gasteiger partial charge in [0.25, 0.3) is 0 Å². The van der Waals surface area contributed by atoms with Crippen LogP contribution >= 0.6 is 0 Å². The summed E-state index contributed by atoms with van der Waals surface area (Å²) in [5, 5.41) is 1.02. The van der Waals surface area contributed by atoms with Gasteiger partial charge in [-0.1, -0.05) is 13.0 Å². The van der Waals surface area contributed by atoms with Crippen LogP contribution in [0.3, 0.4) is 0 Å².